The highest BCUT2D eigenvalue weighted by molar-refractivity contribution is 7.98. The fraction of sp³-hybridized carbons (Fsp3) is 0.100. The average Bonchev–Trinajstić information content (AvgIpc) is 2.81. The van der Waals surface area contributed by atoms with Crippen LogP contribution in [0.3, 0.4) is 0 Å². The van der Waals surface area contributed by atoms with E-state index in [0.29, 0.717) is 26.6 Å². The maximum atomic E-state index is 6.03. The summed E-state index contributed by atoms with van der Waals surface area (Å²) in [5.41, 5.74) is 2.42. The summed E-state index contributed by atoms with van der Waals surface area (Å²) in [5.74, 6) is 7.19. The van der Waals surface area contributed by atoms with Crippen LogP contribution in [0.2, 0.25) is 10.0 Å². The summed E-state index contributed by atoms with van der Waals surface area (Å²) in [7, 11) is 0. The van der Waals surface area contributed by atoms with Crippen LogP contribution in [0.1, 0.15) is 5.76 Å². The lowest BCUT2D eigenvalue weighted by Crippen LogP contribution is -2.09. The molecule has 0 aliphatic heterocycles. The van der Waals surface area contributed by atoms with E-state index >= 15 is 0 Å². The number of hydrazine groups is 1. The number of nitrogen functional groups attached to an aromatic ring is 1. The molecule has 0 aromatic carbocycles. The molecule has 0 atom stereocenters. The van der Waals surface area contributed by atoms with E-state index in [9.17, 15) is 0 Å². The van der Waals surface area contributed by atoms with Crippen LogP contribution in [0.5, 0.6) is 0 Å². The van der Waals surface area contributed by atoms with Crippen LogP contribution in [0.4, 0.5) is 5.82 Å². The molecule has 0 fully saturated rings. The van der Waals surface area contributed by atoms with Crippen molar-refractivity contribution < 1.29 is 4.42 Å². The van der Waals surface area contributed by atoms with Crippen molar-refractivity contribution >= 4 is 40.8 Å². The van der Waals surface area contributed by atoms with Crippen LogP contribution in [-0.2, 0) is 5.75 Å². The Morgan fingerprint density at radius 3 is 2.88 bits per heavy atom. The van der Waals surface area contributed by atoms with E-state index in [1.54, 1.807) is 12.3 Å². The number of halogens is 2. The molecule has 4 nitrogen and oxygen atoms in total. The Morgan fingerprint density at radius 2 is 2.24 bits per heavy atom. The van der Waals surface area contributed by atoms with Crippen LogP contribution in [0.15, 0.2) is 33.9 Å². The molecule has 2 rings (SSSR count). The third-order valence-corrected chi connectivity index (χ3v) is 3.67. The van der Waals surface area contributed by atoms with Gasteiger partial charge >= 0.3 is 0 Å². The molecule has 0 saturated heterocycles. The summed E-state index contributed by atoms with van der Waals surface area (Å²) in [6.45, 7) is 0. The number of pyridine rings is 1. The molecular formula is C10H9Cl2N3OS. The Labute approximate surface area is 112 Å². The highest BCUT2D eigenvalue weighted by atomic mass is 35.5. The SMILES string of the molecule is NNc1nc(SCc2ccco2)c(Cl)cc1Cl. The number of thioether (sulfide) groups is 1. The summed E-state index contributed by atoms with van der Waals surface area (Å²) >= 11 is 13.4. The average molecular weight is 290 g/mol. The Hall–Kier alpha value is -0.880. The second-order valence-electron chi connectivity index (χ2n) is 3.12. The number of aromatic nitrogens is 1. The maximum Gasteiger partial charge on any atom is 0.160 e. The van der Waals surface area contributed by atoms with Gasteiger partial charge in [-0.05, 0) is 18.2 Å². The molecule has 0 aliphatic rings. The Bertz CT molecular complexity index is 505. The summed E-state index contributed by atoms with van der Waals surface area (Å²) in [6, 6.07) is 5.33. The topological polar surface area (TPSA) is 64.1 Å². The third-order valence-electron chi connectivity index (χ3n) is 1.97. The van der Waals surface area contributed by atoms with Gasteiger partial charge in [0, 0.05) is 0 Å². The van der Waals surface area contributed by atoms with Gasteiger partial charge in [-0.3, -0.25) is 0 Å². The summed E-state index contributed by atoms with van der Waals surface area (Å²) in [4.78, 5) is 4.21. The first-order valence-corrected chi connectivity index (χ1v) is 6.42. The lowest BCUT2D eigenvalue weighted by atomic mass is 10.4. The zero-order chi connectivity index (χ0) is 12.3. The molecule has 2 heterocycles. The van der Waals surface area contributed by atoms with Crippen molar-refractivity contribution in [3.8, 4) is 0 Å². The minimum Gasteiger partial charge on any atom is -0.468 e. The van der Waals surface area contributed by atoms with Crippen LogP contribution in [0, 0.1) is 0 Å². The second-order valence-corrected chi connectivity index (χ2v) is 4.90. The van der Waals surface area contributed by atoms with E-state index in [1.165, 1.54) is 11.8 Å². The van der Waals surface area contributed by atoms with Gasteiger partial charge < -0.3 is 9.84 Å². The molecule has 0 unspecified atom stereocenters. The maximum absolute atomic E-state index is 6.03. The van der Waals surface area contributed by atoms with Crippen molar-refractivity contribution in [3.05, 3.63) is 40.3 Å². The number of hydrogen-bond acceptors (Lipinski definition) is 5. The fourth-order valence-electron chi connectivity index (χ4n) is 1.19. The lowest BCUT2D eigenvalue weighted by Gasteiger charge is -2.07. The smallest absolute Gasteiger partial charge is 0.160 e. The van der Waals surface area contributed by atoms with Crippen LogP contribution < -0.4 is 11.3 Å². The molecule has 0 radical (unpaired) electrons. The molecule has 3 N–H and O–H groups in total. The highest BCUT2D eigenvalue weighted by Crippen LogP contribution is 2.33. The van der Waals surface area contributed by atoms with Gasteiger partial charge in [-0.2, -0.15) is 0 Å². The first kappa shape index (κ1) is 12.6. The van der Waals surface area contributed by atoms with Gasteiger partial charge in [0.1, 0.15) is 10.8 Å². The Morgan fingerprint density at radius 1 is 1.41 bits per heavy atom. The number of furan rings is 1. The molecule has 0 saturated carbocycles. The molecule has 0 spiro atoms. The fourth-order valence-corrected chi connectivity index (χ4v) is 2.56. The molecule has 17 heavy (non-hydrogen) atoms. The number of hydrogen-bond donors (Lipinski definition) is 2. The molecule has 0 aliphatic carbocycles. The summed E-state index contributed by atoms with van der Waals surface area (Å²) < 4.78 is 5.22. The molecule has 0 bridgehead atoms. The van der Waals surface area contributed by atoms with Crippen LogP contribution in [0.25, 0.3) is 0 Å². The van der Waals surface area contributed by atoms with Crippen molar-refractivity contribution in [2.45, 2.75) is 10.8 Å². The highest BCUT2D eigenvalue weighted by Gasteiger charge is 2.09. The first-order valence-electron chi connectivity index (χ1n) is 4.68. The van der Waals surface area contributed by atoms with Crippen molar-refractivity contribution in [2.75, 3.05) is 5.43 Å². The van der Waals surface area contributed by atoms with Gasteiger partial charge in [-0.25, -0.2) is 10.8 Å². The molecule has 7 heteroatoms. The molecule has 2 aromatic heterocycles. The van der Waals surface area contributed by atoms with Gasteiger partial charge in [-0.1, -0.05) is 35.0 Å². The number of rotatable bonds is 4. The largest absolute Gasteiger partial charge is 0.468 e. The van der Waals surface area contributed by atoms with Gasteiger partial charge in [-0.15, -0.1) is 0 Å². The molecular weight excluding hydrogens is 281 g/mol. The van der Waals surface area contributed by atoms with E-state index < -0.39 is 0 Å². The third kappa shape index (κ3) is 3.07. The number of anilines is 1. The van der Waals surface area contributed by atoms with Gasteiger partial charge in [0.05, 0.1) is 22.1 Å². The minimum atomic E-state index is 0.389. The monoisotopic (exact) mass is 289 g/mol. The normalized spacial score (nSPS) is 10.5. The van der Waals surface area contributed by atoms with Crippen LogP contribution in [-0.4, -0.2) is 4.98 Å². The van der Waals surface area contributed by atoms with Gasteiger partial charge in [0.15, 0.2) is 5.82 Å². The van der Waals surface area contributed by atoms with E-state index in [4.69, 9.17) is 33.5 Å². The Balaban J connectivity index is 2.15. The number of nitrogens with two attached hydrogens (primary N) is 1. The lowest BCUT2D eigenvalue weighted by molar-refractivity contribution is 0.530. The zero-order valence-corrected chi connectivity index (χ0v) is 10.9. The van der Waals surface area contributed by atoms with Crippen molar-refractivity contribution in [1.82, 2.24) is 4.98 Å². The number of nitrogens with one attached hydrogen (secondary N) is 1. The number of nitrogens with zero attached hydrogens (tertiary/aromatic N) is 1. The van der Waals surface area contributed by atoms with Gasteiger partial charge in [0.2, 0.25) is 0 Å². The van der Waals surface area contributed by atoms with E-state index in [1.807, 2.05) is 12.1 Å². The summed E-state index contributed by atoms with van der Waals surface area (Å²) in [6.07, 6.45) is 1.62. The van der Waals surface area contributed by atoms with E-state index in [-0.39, 0.29) is 0 Å². The van der Waals surface area contributed by atoms with Crippen molar-refractivity contribution in [3.63, 3.8) is 0 Å². The van der Waals surface area contributed by atoms with Gasteiger partial charge in [0.25, 0.3) is 0 Å². The standard InChI is InChI=1S/C10H9Cl2N3OS/c11-7-4-8(12)10(14-9(7)15-13)17-5-6-2-1-3-16-6/h1-4H,5,13H2,(H,14,15). The second kappa shape index (κ2) is 5.64. The quantitative estimate of drug-likeness (QED) is 0.512. The van der Waals surface area contributed by atoms with Crippen molar-refractivity contribution in [1.29, 1.82) is 0 Å². The zero-order valence-electron chi connectivity index (χ0n) is 8.61. The molecule has 0 amide bonds. The van der Waals surface area contributed by atoms with E-state index in [0.717, 1.165) is 5.76 Å². The molecule has 2 aromatic rings. The van der Waals surface area contributed by atoms with Crippen LogP contribution >= 0.6 is 35.0 Å². The van der Waals surface area contributed by atoms with E-state index in [2.05, 4.69) is 10.4 Å². The predicted octanol–water partition coefficient (Wildman–Crippen LogP) is 3.56. The predicted molar refractivity (Wildman–Crippen MR) is 70.3 cm³/mol. The summed E-state index contributed by atoms with van der Waals surface area (Å²) in [5, 5.41) is 1.53. The van der Waals surface area contributed by atoms with Crippen molar-refractivity contribution in [2.24, 2.45) is 5.84 Å². The minimum absolute atomic E-state index is 0.389. The Kier molecular flexibility index (Phi) is 4.17. The molecule has 90 valence electrons. The first-order chi connectivity index (χ1) is 8.20.